The number of aliphatic hydroxyl groups is 4. The first-order valence-corrected chi connectivity index (χ1v) is 31.4. The molecular formula is C60H88F4O13S2+2. The molecule has 8 bridgehead atoms. The Morgan fingerprint density at radius 1 is 0.608 bits per heavy atom. The molecule has 11 fully saturated rings. The monoisotopic (exact) mass is 1160 g/mol. The fourth-order valence-corrected chi connectivity index (χ4v) is 17.0. The summed E-state index contributed by atoms with van der Waals surface area (Å²) in [5.41, 5.74) is 1.78. The van der Waals surface area contributed by atoms with Crippen LogP contribution in [0.15, 0.2) is 58.3 Å². The smallest absolute Gasteiger partial charge is 0.377 e. The van der Waals surface area contributed by atoms with E-state index in [9.17, 15) is 37.1 Å². The van der Waals surface area contributed by atoms with Crippen LogP contribution in [0.2, 0.25) is 0 Å². The molecule has 1 spiro atoms. The van der Waals surface area contributed by atoms with E-state index in [2.05, 4.69) is 90.1 Å². The summed E-state index contributed by atoms with van der Waals surface area (Å²) in [6, 6.07) is 18.4. The normalized spacial score (nSPS) is 32.0. The number of ketones is 1. The lowest BCUT2D eigenvalue weighted by Gasteiger charge is -2.62. The zero-order valence-corrected chi connectivity index (χ0v) is 49.2. The molecule has 2 aromatic carbocycles. The number of aliphatic hydroxyl groups excluding tert-OH is 4. The van der Waals surface area contributed by atoms with Gasteiger partial charge in [0.1, 0.15) is 52.2 Å². The third-order valence-electron chi connectivity index (χ3n) is 17.0. The van der Waals surface area contributed by atoms with Crippen LogP contribution >= 0.6 is 0 Å². The van der Waals surface area contributed by atoms with E-state index in [-0.39, 0.29) is 66.2 Å². The highest BCUT2D eigenvalue weighted by Gasteiger charge is 2.68. The predicted octanol–water partition coefficient (Wildman–Crippen LogP) is 8.52. The topological polar surface area (TPSA) is 188 Å². The van der Waals surface area contributed by atoms with Gasteiger partial charge in [0.15, 0.2) is 15.6 Å². The fraction of sp³-hybridized carbons (Fsp3) is 0.750. The van der Waals surface area contributed by atoms with Crippen molar-refractivity contribution >= 4 is 39.5 Å². The molecule has 3 aliphatic heterocycles. The maximum absolute atomic E-state index is 13.2. The third kappa shape index (κ3) is 16.1. The highest BCUT2D eigenvalue weighted by atomic mass is 32.2. The standard InChI is InChI=1S/C16H22F2O5.2C14H21OS.C13H16F2O3.C3H8O3/c1-14(17,18)13(20)23-15-4-9-2-10(5-15)16(11(3-9)6-15)21-8-12(7-19)22-16;2*1-14(2,3)12-4-6-13(7-5-12)16-10-8-15-9-11-16;1-12(14,15)11(17)18-13-4-7-2-8(5-13)10(16)9(3-7)6-13;4-1-3(6)2-5/h9-12,19H,2-8H2,1H3;2*4-7H,8-11H2,1-3H3;7-9H,2-6H2,1H3;3-6H,1-2H2/q;2*+1;;. The number of halogens is 4. The highest BCUT2D eigenvalue weighted by molar-refractivity contribution is 7.97. The maximum Gasteiger partial charge on any atom is 0.377 e. The van der Waals surface area contributed by atoms with Crippen LogP contribution in [0.4, 0.5) is 17.6 Å². The molecule has 11 aliphatic rings. The summed E-state index contributed by atoms with van der Waals surface area (Å²) in [4.78, 5) is 38.0. The summed E-state index contributed by atoms with van der Waals surface area (Å²) in [6.45, 7) is 18.0. The minimum absolute atomic E-state index is 0.0311. The molecule has 19 heteroatoms. The number of carbonyl (C=O) groups is 3. The Kier molecular flexibility index (Phi) is 20.9. The number of carbonyl (C=O) groups excluding carboxylic acids is 3. The fourth-order valence-electron chi connectivity index (χ4n) is 13.3. The van der Waals surface area contributed by atoms with Gasteiger partial charge >= 0.3 is 23.8 Å². The molecule has 2 aromatic rings. The van der Waals surface area contributed by atoms with Crippen LogP contribution in [-0.2, 0) is 75.4 Å². The van der Waals surface area contributed by atoms with Gasteiger partial charge in [-0.2, -0.15) is 17.6 Å². The highest BCUT2D eigenvalue weighted by Crippen LogP contribution is 2.64. The van der Waals surface area contributed by atoms with Crippen LogP contribution in [0.25, 0.3) is 0 Å². The quantitative estimate of drug-likeness (QED) is 0.106. The Bertz CT molecular complexity index is 2210. The lowest BCUT2D eigenvalue weighted by Crippen LogP contribution is -2.65. The molecule has 8 aliphatic carbocycles. The SMILES string of the molecule is CC(C)(C)c1ccc([S+]2CCOCC2)cc1.CC(C)(C)c1ccc([S+]2CCOCC2)cc1.CC(F)(F)C(=O)OC12CC3CC(C1)C(=O)C(C3)C2.CC(F)(F)C(=O)OC12CC3CC(C1)C1(OCC(CO)O1)C(C3)C2.OCC(O)CO. The van der Waals surface area contributed by atoms with E-state index in [1.54, 1.807) is 0 Å². The molecule has 8 saturated carbocycles. The van der Waals surface area contributed by atoms with Crippen molar-refractivity contribution in [1.29, 1.82) is 0 Å². The summed E-state index contributed by atoms with van der Waals surface area (Å²) >= 11 is 0. The van der Waals surface area contributed by atoms with Crippen molar-refractivity contribution in [2.24, 2.45) is 35.5 Å². The Labute approximate surface area is 470 Å². The number of rotatable bonds is 9. The van der Waals surface area contributed by atoms with Crippen molar-refractivity contribution in [3.8, 4) is 0 Å². The van der Waals surface area contributed by atoms with Crippen molar-refractivity contribution in [2.45, 2.75) is 181 Å². The summed E-state index contributed by atoms with van der Waals surface area (Å²) < 4.78 is 85.6. The number of Topliss-reactive ketones (excluding diaryl/α,β-unsaturated/α-hetero) is 1. The van der Waals surface area contributed by atoms with Gasteiger partial charge in [-0.05, 0) is 122 Å². The van der Waals surface area contributed by atoms with E-state index in [1.807, 2.05) is 0 Å². The number of alkyl halides is 4. The number of hydrogen-bond acceptors (Lipinski definition) is 13. The largest absolute Gasteiger partial charge is 0.455 e. The lowest BCUT2D eigenvalue weighted by molar-refractivity contribution is -0.322. The van der Waals surface area contributed by atoms with E-state index >= 15 is 0 Å². The van der Waals surface area contributed by atoms with E-state index in [0.717, 1.165) is 52.1 Å². The Balaban J connectivity index is 0.000000149. The zero-order valence-electron chi connectivity index (χ0n) is 47.6. The lowest BCUT2D eigenvalue weighted by atomic mass is 9.51. The van der Waals surface area contributed by atoms with Gasteiger partial charge < -0.3 is 48.8 Å². The minimum Gasteiger partial charge on any atom is -0.455 e. The molecule has 0 radical (unpaired) electrons. The Morgan fingerprint density at radius 3 is 1.32 bits per heavy atom. The first-order chi connectivity index (χ1) is 37.0. The number of benzene rings is 2. The van der Waals surface area contributed by atoms with Crippen LogP contribution in [0, 0.1) is 35.5 Å². The summed E-state index contributed by atoms with van der Waals surface area (Å²) in [5.74, 6) is -4.83. The van der Waals surface area contributed by atoms with E-state index in [4.69, 9.17) is 43.7 Å². The Hall–Kier alpha value is -2.85. The van der Waals surface area contributed by atoms with E-state index < -0.39 is 46.9 Å². The molecule has 5 unspecified atom stereocenters. The number of ether oxygens (including phenoxy) is 6. The van der Waals surface area contributed by atoms with Gasteiger partial charge in [-0.15, -0.1) is 0 Å². The number of esters is 2. The molecule has 444 valence electrons. The average Bonchev–Trinajstić information content (AvgIpc) is 3.98. The van der Waals surface area contributed by atoms with Crippen LogP contribution in [-0.4, -0.2) is 155 Å². The third-order valence-corrected chi connectivity index (χ3v) is 21.5. The summed E-state index contributed by atoms with van der Waals surface area (Å²) in [6.07, 6.45) is 5.40. The van der Waals surface area contributed by atoms with Crippen LogP contribution in [0.3, 0.4) is 0 Å². The van der Waals surface area contributed by atoms with Crippen LogP contribution in [0.5, 0.6) is 0 Å². The average molecular weight is 1160 g/mol. The second kappa shape index (κ2) is 26.0. The molecule has 4 N–H and O–H groups in total. The summed E-state index contributed by atoms with van der Waals surface area (Å²) in [5, 5.41) is 33.3. The second-order valence-corrected chi connectivity index (χ2v) is 30.1. The first-order valence-electron chi connectivity index (χ1n) is 28.3. The molecule has 3 heterocycles. The molecule has 0 aromatic heterocycles. The zero-order chi connectivity index (χ0) is 57.8. The number of hydrogen-bond donors (Lipinski definition) is 4. The molecule has 0 amide bonds. The van der Waals surface area contributed by atoms with Gasteiger partial charge in [-0.1, -0.05) is 65.8 Å². The molecular weight excluding hydrogens is 1070 g/mol. The molecule has 79 heavy (non-hydrogen) atoms. The van der Waals surface area contributed by atoms with Crippen LogP contribution in [0.1, 0.15) is 131 Å². The molecule has 5 atom stereocenters. The van der Waals surface area contributed by atoms with E-state index in [0.29, 0.717) is 92.6 Å². The van der Waals surface area contributed by atoms with Crippen LogP contribution < -0.4 is 0 Å². The van der Waals surface area contributed by atoms with Gasteiger partial charge in [-0.25, -0.2) is 9.59 Å². The summed E-state index contributed by atoms with van der Waals surface area (Å²) in [7, 11) is 0.864. The van der Waals surface area contributed by atoms with Crippen molar-refractivity contribution in [1.82, 2.24) is 0 Å². The Morgan fingerprint density at radius 2 is 0.987 bits per heavy atom. The molecule has 3 saturated heterocycles. The van der Waals surface area contributed by atoms with Gasteiger partial charge in [-0.3, -0.25) is 4.79 Å². The first kappa shape index (κ1) is 63.7. The maximum atomic E-state index is 13.2. The van der Waals surface area contributed by atoms with Gasteiger partial charge in [0, 0.05) is 59.3 Å². The van der Waals surface area contributed by atoms with E-state index in [1.165, 1.54) is 43.9 Å². The van der Waals surface area contributed by atoms with Crippen molar-refractivity contribution in [3.63, 3.8) is 0 Å². The minimum atomic E-state index is -3.47. The van der Waals surface area contributed by atoms with Gasteiger partial charge in [0.25, 0.3) is 0 Å². The van der Waals surface area contributed by atoms with Gasteiger partial charge in [0.2, 0.25) is 0 Å². The van der Waals surface area contributed by atoms with Crippen molar-refractivity contribution in [2.75, 3.05) is 75.9 Å². The van der Waals surface area contributed by atoms with Gasteiger partial charge in [0.05, 0.1) is 52.9 Å². The molecule has 13 rings (SSSR count). The van der Waals surface area contributed by atoms with Crippen molar-refractivity contribution in [3.05, 3.63) is 59.7 Å². The van der Waals surface area contributed by atoms with Crippen molar-refractivity contribution < 1.29 is 80.8 Å². The predicted molar refractivity (Wildman–Crippen MR) is 294 cm³/mol. The molecule has 13 nitrogen and oxygen atoms in total. The second-order valence-electron chi connectivity index (χ2n) is 25.6.